The van der Waals surface area contributed by atoms with E-state index in [1.54, 1.807) is 24.3 Å². The van der Waals surface area contributed by atoms with Gasteiger partial charge in [0.2, 0.25) is 0 Å². The van der Waals surface area contributed by atoms with Crippen LogP contribution in [0.25, 0.3) is 0 Å². The quantitative estimate of drug-likeness (QED) is 0.804. The number of carbonyl (C=O) groups is 2. The number of esters is 1. The van der Waals surface area contributed by atoms with Gasteiger partial charge in [0, 0.05) is 17.1 Å². The highest BCUT2D eigenvalue weighted by Gasteiger charge is 2.18. The number of halogens is 1. The Morgan fingerprint density at radius 3 is 2.24 bits per heavy atom. The van der Waals surface area contributed by atoms with Crippen LogP contribution in [0.4, 0.5) is 0 Å². The maximum atomic E-state index is 12.4. The molecule has 0 saturated carbocycles. The number of benzene rings is 2. The standard InChI is InChI=1S/C19H21ClN2O3/c1-22(2)17(15-6-4-5-7-16(15)20)12-21-18(23)13-8-10-14(11-9-13)19(24)25-3/h4-11,17H,12H2,1-3H3,(H,21,23)/t17-/m0/s1. The Balaban J connectivity index is 2.06. The van der Waals surface area contributed by atoms with Gasteiger partial charge in [0.05, 0.1) is 18.7 Å². The summed E-state index contributed by atoms with van der Waals surface area (Å²) in [6.45, 7) is 0.411. The second kappa shape index (κ2) is 8.65. The number of nitrogens with one attached hydrogen (secondary N) is 1. The Labute approximate surface area is 152 Å². The molecule has 6 heteroatoms. The molecule has 0 bridgehead atoms. The predicted molar refractivity (Wildman–Crippen MR) is 98.0 cm³/mol. The smallest absolute Gasteiger partial charge is 0.337 e. The molecule has 2 rings (SSSR count). The lowest BCUT2D eigenvalue weighted by Crippen LogP contribution is -2.34. The summed E-state index contributed by atoms with van der Waals surface area (Å²) < 4.78 is 4.64. The monoisotopic (exact) mass is 360 g/mol. The topological polar surface area (TPSA) is 58.6 Å². The van der Waals surface area contributed by atoms with E-state index in [1.807, 2.05) is 43.3 Å². The zero-order chi connectivity index (χ0) is 18.4. The van der Waals surface area contributed by atoms with Gasteiger partial charge in [-0.1, -0.05) is 29.8 Å². The average Bonchev–Trinajstić information content (AvgIpc) is 2.62. The summed E-state index contributed by atoms with van der Waals surface area (Å²) in [4.78, 5) is 25.8. The van der Waals surface area contributed by atoms with Crippen molar-refractivity contribution in [2.45, 2.75) is 6.04 Å². The van der Waals surface area contributed by atoms with Crippen molar-refractivity contribution in [2.24, 2.45) is 0 Å². The summed E-state index contributed by atoms with van der Waals surface area (Å²) >= 11 is 6.27. The number of hydrogen-bond donors (Lipinski definition) is 1. The molecule has 1 amide bonds. The van der Waals surface area contributed by atoms with E-state index in [1.165, 1.54) is 7.11 Å². The summed E-state index contributed by atoms with van der Waals surface area (Å²) in [5.74, 6) is -0.645. The summed E-state index contributed by atoms with van der Waals surface area (Å²) in [5.41, 5.74) is 1.83. The second-order valence-electron chi connectivity index (χ2n) is 5.78. The number of likely N-dealkylation sites (N-methyl/N-ethyl adjacent to an activating group) is 1. The Bertz CT molecular complexity index is 745. The molecule has 1 N–H and O–H groups in total. The van der Waals surface area contributed by atoms with Gasteiger partial charge in [0.1, 0.15) is 0 Å². The molecular formula is C19H21ClN2O3. The van der Waals surface area contributed by atoms with Crippen LogP contribution < -0.4 is 5.32 Å². The molecular weight excluding hydrogens is 340 g/mol. The highest BCUT2D eigenvalue weighted by Crippen LogP contribution is 2.25. The largest absolute Gasteiger partial charge is 0.465 e. The van der Waals surface area contributed by atoms with Crippen LogP contribution in [0.1, 0.15) is 32.3 Å². The first kappa shape index (κ1) is 19.0. The van der Waals surface area contributed by atoms with Gasteiger partial charge in [-0.15, -0.1) is 0 Å². The summed E-state index contributed by atoms with van der Waals surface area (Å²) in [6, 6.07) is 13.9. The van der Waals surface area contributed by atoms with Crippen LogP contribution in [-0.2, 0) is 4.74 Å². The van der Waals surface area contributed by atoms with Crippen molar-refractivity contribution in [3.63, 3.8) is 0 Å². The van der Waals surface area contributed by atoms with Crippen LogP contribution in [0, 0.1) is 0 Å². The molecule has 0 radical (unpaired) electrons. The van der Waals surface area contributed by atoms with Crippen molar-refractivity contribution < 1.29 is 14.3 Å². The molecule has 0 spiro atoms. The lowest BCUT2D eigenvalue weighted by molar-refractivity contribution is 0.0600. The molecule has 0 aliphatic carbocycles. The van der Waals surface area contributed by atoms with Gasteiger partial charge in [0.25, 0.3) is 5.91 Å². The number of rotatable bonds is 6. The summed E-state index contributed by atoms with van der Waals surface area (Å²) in [6.07, 6.45) is 0. The zero-order valence-electron chi connectivity index (χ0n) is 14.5. The van der Waals surface area contributed by atoms with Gasteiger partial charge in [-0.2, -0.15) is 0 Å². The van der Waals surface area contributed by atoms with Crippen LogP contribution in [0.2, 0.25) is 5.02 Å². The van der Waals surface area contributed by atoms with Gasteiger partial charge >= 0.3 is 5.97 Å². The first-order valence-electron chi connectivity index (χ1n) is 7.81. The maximum absolute atomic E-state index is 12.4. The van der Waals surface area contributed by atoms with Crippen LogP contribution >= 0.6 is 11.6 Å². The minimum absolute atomic E-state index is 0.0491. The van der Waals surface area contributed by atoms with E-state index in [-0.39, 0.29) is 11.9 Å². The third kappa shape index (κ3) is 4.81. The van der Waals surface area contributed by atoms with Gasteiger partial charge in [-0.05, 0) is 50.0 Å². The Kier molecular flexibility index (Phi) is 6.56. The van der Waals surface area contributed by atoms with Crippen molar-refractivity contribution >= 4 is 23.5 Å². The number of nitrogens with zero attached hydrogens (tertiary/aromatic N) is 1. The molecule has 5 nitrogen and oxygen atoms in total. The van der Waals surface area contributed by atoms with E-state index < -0.39 is 5.97 Å². The van der Waals surface area contributed by atoms with E-state index in [0.29, 0.717) is 22.7 Å². The lowest BCUT2D eigenvalue weighted by atomic mass is 10.1. The normalized spacial score (nSPS) is 11.9. The van der Waals surface area contributed by atoms with Crippen molar-refractivity contribution in [1.82, 2.24) is 10.2 Å². The lowest BCUT2D eigenvalue weighted by Gasteiger charge is -2.26. The van der Waals surface area contributed by atoms with Crippen molar-refractivity contribution in [1.29, 1.82) is 0 Å². The van der Waals surface area contributed by atoms with E-state index in [0.717, 1.165) is 5.56 Å². The fourth-order valence-corrected chi connectivity index (χ4v) is 2.74. The summed E-state index contributed by atoms with van der Waals surface area (Å²) in [7, 11) is 5.19. The molecule has 0 fully saturated rings. The predicted octanol–water partition coefficient (Wildman–Crippen LogP) is 3.16. The fourth-order valence-electron chi connectivity index (χ4n) is 2.48. The number of amides is 1. The molecule has 25 heavy (non-hydrogen) atoms. The Morgan fingerprint density at radius 1 is 1.08 bits per heavy atom. The zero-order valence-corrected chi connectivity index (χ0v) is 15.2. The van der Waals surface area contributed by atoms with Gasteiger partial charge in [-0.25, -0.2) is 4.79 Å². The SMILES string of the molecule is COC(=O)c1ccc(C(=O)NC[C@@H](c2ccccc2Cl)N(C)C)cc1. The van der Waals surface area contributed by atoms with Crippen molar-refractivity contribution in [3.05, 3.63) is 70.2 Å². The second-order valence-corrected chi connectivity index (χ2v) is 6.19. The van der Waals surface area contributed by atoms with Crippen LogP contribution in [0.15, 0.2) is 48.5 Å². The fraction of sp³-hybridized carbons (Fsp3) is 0.263. The minimum atomic E-state index is -0.432. The molecule has 2 aromatic rings. The number of ether oxygens (including phenoxy) is 1. The molecule has 132 valence electrons. The third-order valence-corrected chi connectivity index (χ3v) is 4.26. The van der Waals surface area contributed by atoms with Gasteiger partial charge < -0.3 is 15.0 Å². The highest BCUT2D eigenvalue weighted by molar-refractivity contribution is 6.31. The molecule has 0 aliphatic heterocycles. The Morgan fingerprint density at radius 2 is 1.68 bits per heavy atom. The maximum Gasteiger partial charge on any atom is 0.337 e. The van der Waals surface area contributed by atoms with E-state index in [9.17, 15) is 9.59 Å². The summed E-state index contributed by atoms with van der Waals surface area (Å²) in [5, 5.41) is 3.58. The highest BCUT2D eigenvalue weighted by atomic mass is 35.5. The first-order chi connectivity index (χ1) is 11.9. The van der Waals surface area contributed by atoms with Crippen molar-refractivity contribution in [2.75, 3.05) is 27.7 Å². The molecule has 0 aromatic heterocycles. The van der Waals surface area contributed by atoms with E-state index >= 15 is 0 Å². The Hall–Kier alpha value is -2.37. The van der Waals surface area contributed by atoms with Crippen LogP contribution in [0.3, 0.4) is 0 Å². The van der Waals surface area contributed by atoms with Crippen LogP contribution in [-0.4, -0.2) is 44.5 Å². The molecule has 0 heterocycles. The minimum Gasteiger partial charge on any atom is -0.465 e. The number of carbonyl (C=O) groups excluding carboxylic acids is 2. The van der Waals surface area contributed by atoms with Crippen LogP contribution in [0.5, 0.6) is 0 Å². The van der Waals surface area contributed by atoms with E-state index in [2.05, 4.69) is 10.1 Å². The van der Waals surface area contributed by atoms with Crippen molar-refractivity contribution in [3.8, 4) is 0 Å². The molecule has 2 aromatic carbocycles. The third-order valence-electron chi connectivity index (χ3n) is 3.91. The van der Waals surface area contributed by atoms with Gasteiger partial charge in [0.15, 0.2) is 0 Å². The van der Waals surface area contributed by atoms with E-state index in [4.69, 9.17) is 11.6 Å². The average molecular weight is 361 g/mol. The number of methoxy groups -OCH3 is 1. The molecule has 1 atom stereocenters. The molecule has 0 unspecified atom stereocenters. The number of hydrogen-bond acceptors (Lipinski definition) is 4. The van der Waals surface area contributed by atoms with Gasteiger partial charge in [-0.3, -0.25) is 4.79 Å². The molecule has 0 aliphatic rings. The molecule has 0 saturated heterocycles. The first-order valence-corrected chi connectivity index (χ1v) is 8.19.